The molecule has 8 unspecified atom stereocenters. The topological polar surface area (TPSA) is 531 Å². The summed E-state index contributed by atoms with van der Waals surface area (Å²) in [6, 6.07) is -3.45. The number of hydrogen-bond donors (Lipinski definition) is 4. The molecule has 296 valence electrons. The summed E-state index contributed by atoms with van der Waals surface area (Å²) < 4.78 is 96.5. The minimum Gasteiger partial charge on any atom is -0.809 e. The fourth-order valence-corrected chi connectivity index (χ4v) is 10.3. The van der Waals surface area contributed by atoms with E-state index < -0.39 is 107 Å². The van der Waals surface area contributed by atoms with E-state index in [0.717, 1.165) is 0 Å². The summed E-state index contributed by atoms with van der Waals surface area (Å²) in [6.45, 7) is 0. The molecule has 0 aromatic heterocycles. The largest absolute Gasteiger partial charge is 4.00 e. The zero-order chi connectivity index (χ0) is 40.0. The zero-order valence-electron chi connectivity index (χ0n) is 23.3. The SMILES string of the molecule is O=P([O-])([O-])C(O)P(=O)([O-])OCCl.O=P([O-])([O-])C(O)P(=O)([O-])OCCl.O=P([O-])([O-])C(O)P(=O)([O-])OCCl.O=P([O-])([O-])C(O)P(=O)([O-])OCCl.[Sn+4].[Sn+4].[Sn+4]. The molecule has 0 saturated heterocycles. The smallest absolute Gasteiger partial charge is 0.809 e. The predicted molar refractivity (Wildman–Crippen MR) is 149 cm³/mol. The molecule has 8 atom stereocenters. The summed E-state index contributed by atoms with van der Waals surface area (Å²) in [5, 5.41) is 33.6. The Kier molecular flexibility index (Phi) is 40.9. The van der Waals surface area contributed by atoms with Crippen molar-refractivity contribution in [2.75, 3.05) is 24.3 Å². The zero-order valence-corrected chi connectivity index (χ0v) is 42.1. The Bertz CT molecular complexity index is 1150. The molecule has 0 spiro atoms. The van der Waals surface area contributed by atoms with Crippen molar-refractivity contribution in [2.45, 2.75) is 22.3 Å². The van der Waals surface area contributed by atoms with E-state index in [1.54, 1.807) is 0 Å². The van der Waals surface area contributed by atoms with Crippen LogP contribution in [0.3, 0.4) is 0 Å². The third-order valence-electron chi connectivity index (χ3n) is 3.18. The van der Waals surface area contributed by atoms with Crippen LogP contribution in [0.5, 0.6) is 0 Å². The summed E-state index contributed by atoms with van der Waals surface area (Å²) in [4.78, 5) is 122. The molecule has 28 nitrogen and oxygen atoms in total. The number of rotatable bonds is 16. The molecule has 0 heterocycles. The number of aliphatic hydroxyl groups excluding tert-OH is 4. The van der Waals surface area contributed by atoms with Crippen molar-refractivity contribution in [3.63, 3.8) is 0 Å². The van der Waals surface area contributed by atoms with Crippen molar-refractivity contribution < 1.29 is 134 Å². The Hall–Kier alpha value is 4.60. The van der Waals surface area contributed by atoms with Crippen LogP contribution in [0.15, 0.2) is 0 Å². The Morgan fingerprint density at radius 1 is 0.353 bits per heavy atom. The molecule has 51 heavy (non-hydrogen) atoms. The van der Waals surface area contributed by atoms with Gasteiger partial charge >= 0.3 is 71.7 Å². The first-order valence-corrected chi connectivity index (χ1v) is 24.7. The first-order chi connectivity index (χ1) is 20.9. The minimum atomic E-state index is -5.61. The van der Waals surface area contributed by atoms with Gasteiger partial charge in [-0.3, -0.25) is 0 Å². The maximum absolute atomic E-state index is 10.5. The van der Waals surface area contributed by atoms with Crippen LogP contribution in [0.25, 0.3) is 0 Å². The number of halogens is 4. The van der Waals surface area contributed by atoms with E-state index in [9.17, 15) is 95.2 Å². The fourth-order valence-electron chi connectivity index (χ4n) is 1.23. The van der Waals surface area contributed by atoms with Crippen molar-refractivity contribution in [3.05, 3.63) is 0 Å². The standard InChI is InChI=1S/4C2H7ClO7P2.3Sn/c4*3-1-10-12(8,9)2(4)11(5,6)7;;;/h4*2,4H,1H2,(H,8,9)(H2,5,6,7);;;/q;;;;3*+4/p-12. The third kappa shape index (κ3) is 32.1. The molecule has 0 aliphatic heterocycles. The second kappa shape index (κ2) is 29.8. The van der Waals surface area contributed by atoms with Gasteiger partial charge in [-0.05, 0) is 30.4 Å². The van der Waals surface area contributed by atoms with Gasteiger partial charge in [-0.1, -0.05) is 46.4 Å². The Labute approximate surface area is 356 Å². The van der Waals surface area contributed by atoms with E-state index in [-0.39, 0.29) is 71.7 Å². The predicted octanol–water partition coefficient (Wildman–Crippen LogP) is -9.37. The van der Waals surface area contributed by atoms with E-state index in [1.807, 2.05) is 0 Å². The monoisotopic (exact) mass is 1310 g/mol. The van der Waals surface area contributed by atoms with Crippen LogP contribution in [0.2, 0.25) is 0 Å². The summed E-state index contributed by atoms with van der Waals surface area (Å²) in [6.07, 6.45) is 0. The summed E-state index contributed by atoms with van der Waals surface area (Å²) >= 11 is 19.1. The van der Waals surface area contributed by atoms with Crippen molar-refractivity contribution in [1.29, 1.82) is 0 Å². The van der Waals surface area contributed by atoms with Crippen molar-refractivity contribution >= 4 is 179 Å². The van der Waals surface area contributed by atoms with E-state index in [0.29, 0.717) is 0 Å². The molecule has 0 bridgehead atoms. The Balaban J connectivity index is -0.0000000993. The van der Waals surface area contributed by atoms with E-state index >= 15 is 0 Å². The van der Waals surface area contributed by atoms with E-state index in [2.05, 4.69) is 18.1 Å². The fraction of sp³-hybridized carbons (Fsp3) is 1.00. The molecule has 0 rings (SSSR count). The number of alkyl halides is 4. The summed E-state index contributed by atoms with van der Waals surface area (Å²) in [5.41, 5.74) is -12.3. The maximum atomic E-state index is 10.5. The third-order valence-corrected chi connectivity index (χ3v) is 17.5. The van der Waals surface area contributed by atoms with Crippen LogP contribution in [-0.2, 0) is 54.6 Å². The molecular formula is C8H16Cl4O28P8Sn3. The van der Waals surface area contributed by atoms with Gasteiger partial charge in [0.2, 0.25) is 0 Å². The summed E-state index contributed by atoms with van der Waals surface area (Å²) in [5.74, 6) is 0. The van der Waals surface area contributed by atoms with Crippen molar-refractivity contribution in [3.8, 4) is 0 Å². The number of hydrogen-bond acceptors (Lipinski definition) is 28. The van der Waals surface area contributed by atoms with Crippen LogP contribution < -0.4 is 58.7 Å². The molecule has 0 aliphatic carbocycles. The minimum absolute atomic E-state index is 0. The van der Waals surface area contributed by atoms with Gasteiger partial charge in [-0.2, -0.15) is 0 Å². The van der Waals surface area contributed by atoms with Crippen LogP contribution in [0.1, 0.15) is 0 Å². The van der Waals surface area contributed by atoms with Gasteiger partial charge < -0.3 is 134 Å². The second-order valence-corrected chi connectivity index (χ2v) is 22.7. The van der Waals surface area contributed by atoms with Gasteiger partial charge in [0.1, 0.15) is 46.6 Å². The molecule has 0 aromatic carbocycles. The van der Waals surface area contributed by atoms with Crippen molar-refractivity contribution in [2.24, 2.45) is 0 Å². The molecule has 0 radical (unpaired) electrons. The van der Waals surface area contributed by atoms with Gasteiger partial charge in [0.25, 0.3) is 0 Å². The molecule has 0 amide bonds. The Morgan fingerprint density at radius 2 is 0.451 bits per heavy atom. The van der Waals surface area contributed by atoms with Gasteiger partial charge in [0.15, 0.2) is 30.4 Å². The molecule has 4 N–H and O–H groups in total. The van der Waals surface area contributed by atoms with Crippen LogP contribution >= 0.6 is 107 Å². The first-order valence-electron chi connectivity index (χ1n) is 9.70. The maximum Gasteiger partial charge on any atom is 4.00 e. The molecule has 0 fully saturated rings. The van der Waals surface area contributed by atoms with E-state index in [4.69, 9.17) is 66.8 Å². The van der Waals surface area contributed by atoms with Gasteiger partial charge in [0, 0.05) is 0 Å². The van der Waals surface area contributed by atoms with Crippen molar-refractivity contribution in [1.82, 2.24) is 0 Å². The van der Waals surface area contributed by atoms with Gasteiger partial charge in [-0.25, -0.2) is 0 Å². The van der Waals surface area contributed by atoms with Gasteiger partial charge in [0.05, 0.1) is 0 Å². The normalized spacial score (nSPS) is 18.9. The van der Waals surface area contributed by atoms with Crippen LogP contribution in [-0.4, -0.2) is 139 Å². The summed E-state index contributed by atoms with van der Waals surface area (Å²) in [7, 11) is -42.9. The first kappa shape index (κ1) is 70.2. The van der Waals surface area contributed by atoms with Gasteiger partial charge in [-0.15, -0.1) is 0 Å². The average Bonchev–Trinajstić information content (AvgIpc) is 2.85. The molecular weight excluding hydrogens is 1290 g/mol. The molecule has 43 heteroatoms. The quantitative estimate of drug-likeness (QED) is 0.0633. The van der Waals surface area contributed by atoms with Crippen LogP contribution in [0.4, 0.5) is 0 Å². The molecule has 0 saturated carbocycles. The average molecular weight is 1310 g/mol. The number of aliphatic hydroxyl groups is 4. The molecule has 0 aliphatic rings. The second-order valence-electron chi connectivity index (χ2n) is 6.66. The Morgan fingerprint density at radius 3 is 0.510 bits per heavy atom. The molecule has 0 aromatic rings. The van der Waals surface area contributed by atoms with E-state index in [1.165, 1.54) is 0 Å². The van der Waals surface area contributed by atoms with Crippen LogP contribution in [0, 0.1) is 0 Å².